The fourth-order valence-electron chi connectivity index (χ4n) is 1.77. The lowest BCUT2D eigenvalue weighted by atomic mass is 9.94. The van der Waals surface area contributed by atoms with Gasteiger partial charge >= 0.3 is 0 Å². The molecule has 1 heterocycles. The molecule has 1 aliphatic carbocycles. The lowest BCUT2D eigenvalue weighted by Crippen LogP contribution is -2.38. The Bertz CT molecular complexity index is 454. The molecule has 4 heteroatoms. The van der Waals surface area contributed by atoms with E-state index in [1.54, 1.807) is 6.92 Å². The van der Waals surface area contributed by atoms with E-state index in [2.05, 4.69) is 10.3 Å². The van der Waals surface area contributed by atoms with E-state index in [0.29, 0.717) is 6.04 Å². The summed E-state index contributed by atoms with van der Waals surface area (Å²) in [5.41, 5.74) is 1.09. The molecule has 0 radical (unpaired) electrons. The lowest BCUT2D eigenvalue weighted by Gasteiger charge is -2.27. The molecule has 1 saturated carbocycles. The summed E-state index contributed by atoms with van der Waals surface area (Å²) in [5.74, 6) is 0.915. The highest BCUT2D eigenvalue weighted by Gasteiger charge is 2.26. The zero-order valence-electron chi connectivity index (χ0n) is 12.9. The van der Waals surface area contributed by atoms with Crippen molar-refractivity contribution in [1.82, 2.24) is 10.3 Å². The van der Waals surface area contributed by atoms with Gasteiger partial charge in [-0.15, -0.1) is 0 Å². The summed E-state index contributed by atoms with van der Waals surface area (Å²) >= 11 is 0. The first-order valence-electron chi connectivity index (χ1n) is 7.43. The van der Waals surface area contributed by atoms with Crippen LogP contribution in [0.2, 0.25) is 0 Å². The van der Waals surface area contributed by atoms with E-state index in [0.717, 1.165) is 23.7 Å². The second-order valence-electron chi connectivity index (χ2n) is 6.35. The second-order valence-corrected chi connectivity index (χ2v) is 6.35. The minimum atomic E-state index is -0.827. The van der Waals surface area contributed by atoms with E-state index in [4.69, 9.17) is 4.74 Å². The van der Waals surface area contributed by atoms with Crippen molar-refractivity contribution in [3.63, 3.8) is 0 Å². The minimum absolute atomic E-state index is 0.147. The van der Waals surface area contributed by atoms with Crippen molar-refractivity contribution >= 4 is 0 Å². The largest absolute Gasteiger partial charge is 0.489 e. The molecule has 0 aliphatic heterocycles. The Kier molecular flexibility index (Phi) is 4.66. The Hall–Kier alpha value is -1.13. The van der Waals surface area contributed by atoms with Gasteiger partial charge in [-0.3, -0.25) is 4.98 Å². The van der Waals surface area contributed by atoms with Crippen LogP contribution in [0.1, 0.15) is 45.0 Å². The minimum Gasteiger partial charge on any atom is -0.489 e. The highest BCUT2D eigenvalue weighted by molar-refractivity contribution is 5.29. The normalized spacial score (nSPS) is 18.1. The van der Waals surface area contributed by atoms with Gasteiger partial charge in [0.15, 0.2) is 0 Å². The van der Waals surface area contributed by atoms with Crippen LogP contribution < -0.4 is 10.1 Å². The van der Waals surface area contributed by atoms with Gasteiger partial charge in [-0.2, -0.15) is 0 Å². The SMILES string of the molecule is Cc1ccc(OCC(C)(O)C(C)C)c(CNC2CC2)n1. The third-order valence-electron chi connectivity index (χ3n) is 3.97. The number of nitrogens with zero attached hydrogens (tertiary/aromatic N) is 1. The average Bonchev–Trinajstić information content (AvgIpc) is 3.19. The number of aliphatic hydroxyl groups is 1. The van der Waals surface area contributed by atoms with Crippen LogP contribution in [0.25, 0.3) is 0 Å². The van der Waals surface area contributed by atoms with Crippen LogP contribution in [0.15, 0.2) is 12.1 Å². The molecule has 2 rings (SSSR count). The van der Waals surface area contributed by atoms with Crippen molar-refractivity contribution in [1.29, 1.82) is 0 Å². The molecule has 1 fully saturated rings. The van der Waals surface area contributed by atoms with Crippen molar-refractivity contribution in [2.75, 3.05) is 6.61 Å². The molecule has 0 amide bonds. The Labute approximate surface area is 121 Å². The molecule has 0 saturated heterocycles. The molecular formula is C16H26N2O2. The van der Waals surface area contributed by atoms with Crippen molar-refractivity contribution < 1.29 is 9.84 Å². The summed E-state index contributed by atoms with van der Waals surface area (Å²) in [4.78, 5) is 4.55. The third-order valence-corrected chi connectivity index (χ3v) is 3.97. The molecule has 0 spiro atoms. The number of hydrogen-bond acceptors (Lipinski definition) is 4. The highest BCUT2D eigenvalue weighted by Crippen LogP contribution is 2.24. The zero-order chi connectivity index (χ0) is 14.8. The number of nitrogens with one attached hydrogen (secondary N) is 1. The van der Waals surface area contributed by atoms with Gasteiger partial charge in [0, 0.05) is 18.3 Å². The van der Waals surface area contributed by atoms with Gasteiger partial charge in [0.2, 0.25) is 0 Å². The topological polar surface area (TPSA) is 54.4 Å². The maximum Gasteiger partial charge on any atom is 0.142 e. The number of aromatic nitrogens is 1. The standard InChI is InChI=1S/C16H26N2O2/c1-11(2)16(4,19)10-20-15-8-5-12(3)18-14(15)9-17-13-6-7-13/h5,8,11,13,17,19H,6-7,9-10H2,1-4H3. The van der Waals surface area contributed by atoms with Crippen LogP contribution in [0.4, 0.5) is 0 Å². The molecule has 0 bridgehead atoms. The number of rotatable bonds is 7. The Morgan fingerprint density at radius 2 is 2.15 bits per heavy atom. The fourth-order valence-corrected chi connectivity index (χ4v) is 1.77. The van der Waals surface area contributed by atoms with Gasteiger partial charge in [0.25, 0.3) is 0 Å². The number of aryl methyl sites for hydroxylation is 1. The summed E-state index contributed by atoms with van der Waals surface area (Å²) in [6.07, 6.45) is 2.51. The molecule has 112 valence electrons. The van der Waals surface area contributed by atoms with Crippen molar-refractivity contribution in [2.24, 2.45) is 5.92 Å². The van der Waals surface area contributed by atoms with Crippen LogP contribution in [0, 0.1) is 12.8 Å². The average molecular weight is 278 g/mol. The second kappa shape index (κ2) is 6.10. The van der Waals surface area contributed by atoms with E-state index in [9.17, 15) is 5.11 Å². The van der Waals surface area contributed by atoms with Crippen molar-refractivity contribution in [3.05, 3.63) is 23.5 Å². The van der Waals surface area contributed by atoms with Crippen LogP contribution in [0.3, 0.4) is 0 Å². The molecular weight excluding hydrogens is 252 g/mol. The van der Waals surface area contributed by atoms with E-state index in [-0.39, 0.29) is 12.5 Å². The molecule has 4 nitrogen and oxygen atoms in total. The first-order chi connectivity index (χ1) is 9.38. The van der Waals surface area contributed by atoms with Gasteiger partial charge in [0.1, 0.15) is 12.4 Å². The quantitative estimate of drug-likeness (QED) is 0.804. The first-order valence-corrected chi connectivity index (χ1v) is 7.43. The van der Waals surface area contributed by atoms with E-state index >= 15 is 0 Å². The van der Waals surface area contributed by atoms with Crippen molar-refractivity contribution in [2.45, 2.75) is 58.7 Å². The van der Waals surface area contributed by atoms with E-state index < -0.39 is 5.60 Å². The molecule has 1 aromatic rings. The summed E-state index contributed by atoms with van der Waals surface area (Å²) in [6, 6.07) is 4.53. The van der Waals surface area contributed by atoms with E-state index in [1.165, 1.54) is 12.8 Å². The maximum absolute atomic E-state index is 10.3. The number of ether oxygens (including phenoxy) is 1. The first kappa shape index (κ1) is 15.3. The summed E-state index contributed by atoms with van der Waals surface area (Å²) < 4.78 is 5.82. The van der Waals surface area contributed by atoms with Crippen molar-refractivity contribution in [3.8, 4) is 5.75 Å². The Morgan fingerprint density at radius 3 is 2.75 bits per heavy atom. The highest BCUT2D eigenvalue weighted by atomic mass is 16.5. The molecule has 1 aliphatic rings. The molecule has 20 heavy (non-hydrogen) atoms. The molecule has 1 aromatic heterocycles. The predicted octanol–water partition coefficient (Wildman–Crippen LogP) is 2.43. The molecule has 0 aromatic carbocycles. The zero-order valence-corrected chi connectivity index (χ0v) is 12.9. The Morgan fingerprint density at radius 1 is 1.45 bits per heavy atom. The fraction of sp³-hybridized carbons (Fsp3) is 0.688. The third kappa shape index (κ3) is 4.18. The molecule has 1 unspecified atom stereocenters. The van der Waals surface area contributed by atoms with Crippen LogP contribution >= 0.6 is 0 Å². The maximum atomic E-state index is 10.3. The van der Waals surface area contributed by atoms with E-state index in [1.807, 2.05) is 32.9 Å². The summed E-state index contributed by atoms with van der Waals surface area (Å²) in [6.45, 7) is 8.78. The predicted molar refractivity (Wildman–Crippen MR) is 79.8 cm³/mol. The van der Waals surface area contributed by atoms with Gasteiger partial charge in [-0.25, -0.2) is 0 Å². The van der Waals surface area contributed by atoms with Crippen LogP contribution in [0.5, 0.6) is 5.75 Å². The van der Waals surface area contributed by atoms with Crippen LogP contribution in [-0.4, -0.2) is 28.3 Å². The lowest BCUT2D eigenvalue weighted by molar-refractivity contribution is -0.0270. The number of pyridine rings is 1. The van der Waals surface area contributed by atoms with Gasteiger partial charge in [-0.1, -0.05) is 13.8 Å². The van der Waals surface area contributed by atoms with Gasteiger partial charge in [0.05, 0.1) is 11.3 Å². The summed E-state index contributed by atoms with van der Waals surface area (Å²) in [5, 5.41) is 13.7. The molecule has 1 atom stereocenters. The smallest absolute Gasteiger partial charge is 0.142 e. The summed E-state index contributed by atoms with van der Waals surface area (Å²) in [7, 11) is 0. The van der Waals surface area contributed by atoms with Gasteiger partial charge in [-0.05, 0) is 44.7 Å². The number of hydrogen-bond donors (Lipinski definition) is 2. The molecule has 2 N–H and O–H groups in total. The Balaban J connectivity index is 2.01. The monoisotopic (exact) mass is 278 g/mol. The van der Waals surface area contributed by atoms with Gasteiger partial charge < -0.3 is 15.2 Å². The van der Waals surface area contributed by atoms with Crippen LogP contribution in [-0.2, 0) is 6.54 Å².